The second-order valence-corrected chi connectivity index (χ2v) is 6.26. The molecule has 0 atom stereocenters. The van der Waals surface area contributed by atoms with Gasteiger partial charge in [0.2, 0.25) is 5.89 Å². The number of anilines is 1. The van der Waals surface area contributed by atoms with Crippen molar-refractivity contribution in [2.45, 2.75) is 6.42 Å². The molecule has 3 aromatic rings. The van der Waals surface area contributed by atoms with Gasteiger partial charge in [-0.15, -0.1) is 0 Å². The molecule has 0 aliphatic heterocycles. The highest BCUT2D eigenvalue weighted by atomic mass is 35.5. The van der Waals surface area contributed by atoms with Crippen LogP contribution in [0.1, 0.15) is 5.69 Å². The lowest BCUT2D eigenvalue weighted by Crippen LogP contribution is -2.30. The number of nitrogens with zero attached hydrogens (tertiary/aromatic N) is 1. The van der Waals surface area contributed by atoms with Crippen molar-refractivity contribution in [2.24, 2.45) is 0 Å². The molecule has 0 radical (unpaired) electrons. The summed E-state index contributed by atoms with van der Waals surface area (Å²) in [5.74, 6) is 1.84. The molecule has 2 aromatic carbocycles. The van der Waals surface area contributed by atoms with E-state index in [1.807, 2.05) is 24.3 Å². The second-order valence-electron chi connectivity index (χ2n) is 5.85. The molecule has 0 saturated carbocycles. The molecule has 146 valence electrons. The molecule has 28 heavy (non-hydrogen) atoms. The number of hydrogen-bond donors (Lipinski definition) is 2. The van der Waals surface area contributed by atoms with Gasteiger partial charge in [0.1, 0.15) is 17.8 Å². The number of carbonyl (C=O) groups is 1. The fraction of sp³-hybridized carbons (Fsp3) is 0.200. The molecule has 0 fully saturated rings. The van der Waals surface area contributed by atoms with Crippen LogP contribution in [0.5, 0.6) is 11.5 Å². The molecule has 0 spiro atoms. The summed E-state index contributed by atoms with van der Waals surface area (Å²) in [6.45, 7) is 0.407. The minimum Gasteiger partial charge on any atom is -0.497 e. The van der Waals surface area contributed by atoms with Gasteiger partial charge in [-0.25, -0.2) is 9.78 Å². The van der Waals surface area contributed by atoms with Gasteiger partial charge < -0.3 is 24.5 Å². The summed E-state index contributed by atoms with van der Waals surface area (Å²) in [6.07, 6.45) is 2.12. The molecule has 8 heteroatoms. The number of halogens is 1. The normalized spacial score (nSPS) is 10.4. The van der Waals surface area contributed by atoms with Gasteiger partial charge in [-0.3, -0.25) is 0 Å². The number of amides is 2. The van der Waals surface area contributed by atoms with Crippen molar-refractivity contribution in [3.05, 3.63) is 59.4 Å². The molecule has 1 aromatic heterocycles. The molecule has 0 aliphatic carbocycles. The largest absolute Gasteiger partial charge is 0.497 e. The zero-order chi connectivity index (χ0) is 19.9. The van der Waals surface area contributed by atoms with E-state index in [4.69, 9.17) is 25.5 Å². The van der Waals surface area contributed by atoms with Crippen molar-refractivity contribution in [3.8, 4) is 23.0 Å². The van der Waals surface area contributed by atoms with Crippen LogP contribution in [0.15, 0.2) is 53.1 Å². The fourth-order valence-electron chi connectivity index (χ4n) is 2.51. The maximum Gasteiger partial charge on any atom is 0.319 e. The van der Waals surface area contributed by atoms with Crippen molar-refractivity contribution in [2.75, 3.05) is 26.1 Å². The fourth-order valence-corrected chi connectivity index (χ4v) is 2.77. The van der Waals surface area contributed by atoms with Crippen molar-refractivity contribution >= 4 is 23.3 Å². The summed E-state index contributed by atoms with van der Waals surface area (Å²) in [5.41, 5.74) is 2.18. The smallest absolute Gasteiger partial charge is 0.319 e. The van der Waals surface area contributed by atoms with Crippen molar-refractivity contribution in [1.29, 1.82) is 0 Å². The molecular formula is C20H20ClN3O4. The number of benzene rings is 2. The van der Waals surface area contributed by atoms with Crippen molar-refractivity contribution < 1.29 is 18.7 Å². The standard InChI is InChI=1S/C20H20ClN3O4/c1-26-16-6-3-13(4-7-16)19-23-15(12-28-19)9-10-22-20(25)24-14-5-8-18(27-2)17(21)11-14/h3-8,11-12H,9-10H2,1-2H3,(H2,22,24,25). The van der Waals surface area contributed by atoms with E-state index >= 15 is 0 Å². The molecule has 0 unspecified atom stereocenters. The molecule has 3 rings (SSSR count). The third kappa shape index (κ3) is 4.95. The number of aromatic nitrogens is 1. The van der Waals surface area contributed by atoms with Crippen LogP contribution in [0.3, 0.4) is 0 Å². The number of ether oxygens (including phenoxy) is 2. The van der Waals surface area contributed by atoms with Crippen LogP contribution in [0.2, 0.25) is 5.02 Å². The number of oxazole rings is 1. The molecule has 1 heterocycles. The zero-order valence-electron chi connectivity index (χ0n) is 15.5. The first kappa shape index (κ1) is 19.6. The number of nitrogens with one attached hydrogen (secondary N) is 2. The zero-order valence-corrected chi connectivity index (χ0v) is 16.2. The third-order valence-corrected chi connectivity index (χ3v) is 4.26. The quantitative estimate of drug-likeness (QED) is 0.613. The Labute approximate surface area is 167 Å². The van der Waals surface area contributed by atoms with E-state index in [-0.39, 0.29) is 6.03 Å². The molecule has 0 saturated heterocycles. The van der Waals surface area contributed by atoms with Gasteiger partial charge >= 0.3 is 6.03 Å². The summed E-state index contributed by atoms with van der Waals surface area (Å²) in [7, 11) is 3.15. The van der Waals surface area contributed by atoms with Crippen LogP contribution >= 0.6 is 11.6 Å². The summed E-state index contributed by atoms with van der Waals surface area (Å²) in [6, 6.07) is 12.1. The summed E-state index contributed by atoms with van der Waals surface area (Å²) >= 11 is 6.04. The van der Waals surface area contributed by atoms with E-state index in [9.17, 15) is 4.79 Å². The lowest BCUT2D eigenvalue weighted by molar-refractivity contribution is 0.252. The van der Waals surface area contributed by atoms with Crippen LogP contribution in [0.4, 0.5) is 10.5 Å². The summed E-state index contributed by atoms with van der Waals surface area (Å²) in [4.78, 5) is 16.4. The van der Waals surface area contributed by atoms with Gasteiger partial charge in [0.25, 0.3) is 0 Å². The minimum atomic E-state index is -0.333. The minimum absolute atomic E-state index is 0.333. The highest BCUT2D eigenvalue weighted by Gasteiger charge is 2.09. The molecule has 0 bridgehead atoms. The van der Waals surface area contributed by atoms with Gasteiger partial charge in [0, 0.05) is 24.2 Å². The Morgan fingerprint density at radius 1 is 1.14 bits per heavy atom. The van der Waals surface area contributed by atoms with Gasteiger partial charge in [0.15, 0.2) is 0 Å². The predicted molar refractivity (Wildman–Crippen MR) is 107 cm³/mol. The maximum absolute atomic E-state index is 12.0. The van der Waals surface area contributed by atoms with Crippen molar-refractivity contribution in [3.63, 3.8) is 0 Å². The Balaban J connectivity index is 1.49. The predicted octanol–water partition coefficient (Wildman–Crippen LogP) is 4.38. The summed E-state index contributed by atoms with van der Waals surface area (Å²) in [5, 5.41) is 5.91. The number of urea groups is 1. The van der Waals surface area contributed by atoms with E-state index < -0.39 is 0 Å². The Bertz CT molecular complexity index is 941. The molecular weight excluding hydrogens is 382 g/mol. The second kappa shape index (κ2) is 9.14. The first-order valence-electron chi connectivity index (χ1n) is 8.56. The summed E-state index contributed by atoms with van der Waals surface area (Å²) < 4.78 is 15.7. The van der Waals surface area contributed by atoms with Crippen LogP contribution in [0.25, 0.3) is 11.5 Å². The van der Waals surface area contributed by atoms with E-state index in [1.165, 1.54) is 7.11 Å². The van der Waals surface area contributed by atoms with Crippen molar-refractivity contribution in [1.82, 2.24) is 10.3 Å². The number of hydrogen-bond acceptors (Lipinski definition) is 5. The van der Waals surface area contributed by atoms with Crippen LogP contribution in [0, 0.1) is 0 Å². The Morgan fingerprint density at radius 2 is 1.93 bits per heavy atom. The molecule has 2 amide bonds. The van der Waals surface area contributed by atoms with E-state index in [1.54, 1.807) is 31.6 Å². The Kier molecular flexibility index (Phi) is 6.39. The lowest BCUT2D eigenvalue weighted by Gasteiger charge is -2.09. The lowest BCUT2D eigenvalue weighted by atomic mass is 10.2. The Hall–Kier alpha value is -3.19. The number of rotatable bonds is 7. The monoisotopic (exact) mass is 401 g/mol. The number of carbonyl (C=O) groups excluding carboxylic acids is 1. The third-order valence-electron chi connectivity index (χ3n) is 3.97. The highest BCUT2D eigenvalue weighted by Crippen LogP contribution is 2.27. The topological polar surface area (TPSA) is 85.6 Å². The Morgan fingerprint density at radius 3 is 2.61 bits per heavy atom. The first-order valence-corrected chi connectivity index (χ1v) is 8.94. The molecule has 2 N–H and O–H groups in total. The average Bonchev–Trinajstić information content (AvgIpc) is 3.17. The van der Waals surface area contributed by atoms with Crippen LogP contribution in [-0.4, -0.2) is 31.8 Å². The van der Waals surface area contributed by atoms with Gasteiger partial charge in [-0.1, -0.05) is 11.6 Å². The number of methoxy groups -OCH3 is 2. The highest BCUT2D eigenvalue weighted by molar-refractivity contribution is 6.32. The van der Waals surface area contributed by atoms with E-state index in [2.05, 4.69) is 15.6 Å². The van der Waals surface area contributed by atoms with Gasteiger partial charge in [-0.2, -0.15) is 0 Å². The SMILES string of the molecule is COc1ccc(-c2nc(CCNC(=O)Nc3ccc(OC)c(Cl)c3)co2)cc1. The average molecular weight is 402 g/mol. The maximum atomic E-state index is 12.0. The van der Waals surface area contributed by atoms with Gasteiger partial charge in [0.05, 0.1) is 24.9 Å². The van der Waals surface area contributed by atoms with Gasteiger partial charge in [-0.05, 0) is 42.5 Å². The van der Waals surface area contributed by atoms with Crippen LogP contribution in [-0.2, 0) is 6.42 Å². The molecule has 7 nitrogen and oxygen atoms in total. The first-order chi connectivity index (χ1) is 13.6. The van der Waals surface area contributed by atoms with E-state index in [0.717, 1.165) is 17.0 Å². The van der Waals surface area contributed by atoms with Crippen LogP contribution < -0.4 is 20.1 Å². The van der Waals surface area contributed by atoms with E-state index in [0.29, 0.717) is 35.3 Å². The molecule has 0 aliphatic rings.